The van der Waals surface area contributed by atoms with E-state index in [0.717, 1.165) is 18.5 Å². The maximum Gasteiger partial charge on any atom is 0.355 e. The molecule has 2 N–H and O–H groups in total. The number of aromatic nitrogens is 1. The molecule has 4 nitrogen and oxygen atoms in total. The number of carbonyl (C=O) groups is 1. The van der Waals surface area contributed by atoms with Crippen molar-refractivity contribution >= 4 is 11.7 Å². The number of nitrogens with zero attached hydrogens (tertiary/aromatic N) is 1. The Morgan fingerprint density at radius 2 is 1.86 bits per heavy atom. The number of anilines is 1. The number of carbonyl (C=O) groups excluding carboxylic acids is 1. The van der Waals surface area contributed by atoms with Crippen LogP contribution in [0.2, 0.25) is 0 Å². The van der Waals surface area contributed by atoms with Gasteiger partial charge in [-0.25, -0.2) is 4.79 Å². The molecule has 0 aliphatic heterocycles. The lowest BCUT2D eigenvalue weighted by atomic mass is 10.1. The summed E-state index contributed by atoms with van der Waals surface area (Å²) in [6.45, 7) is 7.15. The molecule has 0 aliphatic carbocycles. The number of esters is 1. The summed E-state index contributed by atoms with van der Waals surface area (Å²) in [7, 11) is 0. The van der Waals surface area contributed by atoms with Gasteiger partial charge in [0.05, 0.1) is 5.69 Å². The second-order valence-corrected chi connectivity index (χ2v) is 5.42. The molecular formula is C17H22N2O2. The van der Waals surface area contributed by atoms with Crippen molar-refractivity contribution in [2.75, 3.05) is 5.73 Å². The zero-order chi connectivity index (χ0) is 15.4. The van der Waals surface area contributed by atoms with Gasteiger partial charge in [-0.15, -0.1) is 0 Å². The molecule has 0 saturated carbocycles. The molecule has 0 fully saturated rings. The molecule has 2 aromatic rings. The van der Waals surface area contributed by atoms with Crippen LogP contribution in [-0.4, -0.2) is 10.5 Å². The van der Waals surface area contributed by atoms with Crippen molar-refractivity contribution < 1.29 is 9.53 Å². The Morgan fingerprint density at radius 1 is 1.19 bits per heavy atom. The quantitative estimate of drug-likeness (QED) is 0.856. The first kappa shape index (κ1) is 15.2. The Balaban J connectivity index is 2.08. The number of hydrogen-bond acceptors (Lipinski definition) is 3. The second-order valence-electron chi connectivity index (χ2n) is 5.42. The lowest BCUT2D eigenvalue weighted by Gasteiger charge is -2.09. The van der Waals surface area contributed by atoms with E-state index < -0.39 is 0 Å². The highest BCUT2D eigenvalue weighted by Gasteiger charge is 2.14. The fourth-order valence-corrected chi connectivity index (χ4v) is 2.50. The Kier molecular flexibility index (Phi) is 4.68. The predicted octanol–water partition coefficient (Wildman–Crippen LogP) is 3.45. The van der Waals surface area contributed by atoms with Crippen LogP contribution in [-0.2, 0) is 17.9 Å². The predicted molar refractivity (Wildman–Crippen MR) is 84.2 cm³/mol. The number of ether oxygens (including phenoxy) is 1. The summed E-state index contributed by atoms with van der Waals surface area (Å²) >= 11 is 0. The van der Waals surface area contributed by atoms with Crippen LogP contribution in [0, 0.1) is 13.8 Å². The summed E-state index contributed by atoms with van der Waals surface area (Å²) in [5.41, 5.74) is 10.2. The van der Waals surface area contributed by atoms with E-state index in [4.69, 9.17) is 10.5 Å². The SMILES string of the molecule is CCCn1cc(N)cc1C(=O)OCc1cc(C)cc(C)c1. The summed E-state index contributed by atoms with van der Waals surface area (Å²) in [6.07, 6.45) is 2.71. The van der Waals surface area contributed by atoms with Crippen molar-refractivity contribution in [2.45, 2.75) is 40.3 Å². The molecule has 0 unspecified atom stereocenters. The highest BCUT2D eigenvalue weighted by molar-refractivity contribution is 5.89. The molecule has 1 aromatic heterocycles. The van der Waals surface area contributed by atoms with Gasteiger partial charge in [0, 0.05) is 12.7 Å². The van der Waals surface area contributed by atoms with E-state index in [9.17, 15) is 4.79 Å². The highest BCUT2D eigenvalue weighted by atomic mass is 16.5. The lowest BCUT2D eigenvalue weighted by molar-refractivity contribution is 0.0459. The normalized spacial score (nSPS) is 10.6. The van der Waals surface area contributed by atoms with Gasteiger partial charge in [0.25, 0.3) is 0 Å². The van der Waals surface area contributed by atoms with Crippen LogP contribution in [0.5, 0.6) is 0 Å². The van der Waals surface area contributed by atoms with Crippen LogP contribution < -0.4 is 5.73 Å². The molecule has 0 atom stereocenters. The number of benzene rings is 1. The number of aryl methyl sites for hydroxylation is 3. The summed E-state index contributed by atoms with van der Waals surface area (Å²) in [5, 5.41) is 0. The maximum atomic E-state index is 12.2. The van der Waals surface area contributed by atoms with Crippen molar-refractivity contribution in [3.8, 4) is 0 Å². The molecule has 0 bridgehead atoms. The first-order valence-corrected chi connectivity index (χ1v) is 7.19. The van der Waals surface area contributed by atoms with Gasteiger partial charge in [-0.1, -0.05) is 36.2 Å². The second kappa shape index (κ2) is 6.48. The first-order chi connectivity index (χ1) is 9.99. The molecule has 1 aromatic carbocycles. The van der Waals surface area contributed by atoms with Crippen LogP contribution >= 0.6 is 0 Å². The molecule has 0 radical (unpaired) electrons. The zero-order valence-corrected chi connectivity index (χ0v) is 12.8. The van der Waals surface area contributed by atoms with Gasteiger partial charge in [0.1, 0.15) is 12.3 Å². The summed E-state index contributed by atoms with van der Waals surface area (Å²) in [6, 6.07) is 7.82. The van der Waals surface area contributed by atoms with Crippen LogP contribution in [0.25, 0.3) is 0 Å². The van der Waals surface area contributed by atoms with Crippen molar-refractivity contribution in [2.24, 2.45) is 0 Å². The minimum Gasteiger partial charge on any atom is -0.456 e. The topological polar surface area (TPSA) is 57.2 Å². The standard InChI is InChI=1S/C17H22N2O2/c1-4-5-19-10-15(18)9-16(19)17(20)21-11-14-7-12(2)6-13(3)8-14/h6-10H,4-5,11,18H2,1-3H3. The summed E-state index contributed by atoms with van der Waals surface area (Å²) in [5.74, 6) is -0.334. The molecular weight excluding hydrogens is 264 g/mol. The van der Waals surface area contributed by atoms with Gasteiger partial charge >= 0.3 is 5.97 Å². The molecule has 0 spiro atoms. The fraction of sp³-hybridized carbons (Fsp3) is 0.353. The van der Waals surface area contributed by atoms with Crippen LogP contribution in [0.3, 0.4) is 0 Å². The van der Waals surface area contributed by atoms with Crippen molar-refractivity contribution in [1.29, 1.82) is 0 Å². The smallest absolute Gasteiger partial charge is 0.355 e. The molecule has 0 aliphatic rings. The first-order valence-electron chi connectivity index (χ1n) is 7.19. The van der Waals surface area contributed by atoms with Crippen LogP contribution in [0.4, 0.5) is 5.69 Å². The Hall–Kier alpha value is -2.23. The average Bonchev–Trinajstić information content (AvgIpc) is 2.76. The Bertz CT molecular complexity index is 624. The van der Waals surface area contributed by atoms with Gasteiger partial charge in [0.15, 0.2) is 0 Å². The van der Waals surface area contributed by atoms with Gasteiger partial charge < -0.3 is 15.0 Å². The van der Waals surface area contributed by atoms with Gasteiger partial charge in [0.2, 0.25) is 0 Å². The van der Waals surface area contributed by atoms with Crippen molar-refractivity contribution in [3.05, 3.63) is 52.8 Å². The van der Waals surface area contributed by atoms with E-state index >= 15 is 0 Å². The van der Waals surface area contributed by atoms with E-state index in [2.05, 4.69) is 13.0 Å². The molecule has 21 heavy (non-hydrogen) atoms. The summed E-state index contributed by atoms with van der Waals surface area (Å²) < 4.78 is 7.26. The average molecular weight is 286 g/mol. The minimum atomic E-state index is -0.334. The molecule has 1 heterocycles. The van der Waals surface area contributed by atoms with Gasteiger partial charge in [-0.3, -0.25) is 0 Å². The van der Waals surface area contributed by atoms with E-state index in [0.29, 0.717) is 11.4 Å². The maximum absolute atomic E-state index is 12.2. The largest absolute Gasteiger partial charge is 0.456 e. The van der Waals surface area contributed by atoms with E-state index in [1.807, 2.05) is 30.5 Å². The van der Waals surface area contributed by atoms with E-state index in [-0.39, 0.29) is 12.6 Å². The minimum absolute atomic E-state index is 0.276. The molecule has 112 valence electrons. The number of nitrogens with two attached hydrogens (primary N) is 1. The van der Waals surface area contributed by atoms with Crippen molar-refractivity contribution in [3.63, 3.8) is 0 Å². The van der Waals surface area contributed by atoms with E-state index in [1.54, 1.807) is 12.3 Å². The zero-order valence-electron chi connectivity index (χ0n) is 12.8. The number of rotatable bonds is 5. The Labute approximate surface area is 125 Å². The third-order valence-corrected chi connectivity index (χ3v) is 3.24. The van der Waals surface area contributed by atoms with Crippen LogP contribution in [0.15, 0.2) is 30.5 Å². The lowest BCUT2D eigenvalue weighted by Crippen LogP contribution is -2.11. The fourth-order valence-electron chi connectivity index (χ4n) is 2.50. The molecule has 0 saturated heterocycles. The van der Waals surface area contributed by atoms with Gasteiger partial charge in [-0.05, 0) is 31.9 Å². The highest BCUT2D eigenvalue weighted by Crippen LogP contribution is 2.15. The Morgan fingerprint density at radius 3 is 2.48 bits per heavy atom. The molecule has 0 amide bonds. The molecule has 4 heteroatoms. The van der Waals surface area contributed by atoms with Crippen LogP contribution in [0.1, 0.15) is 40.5 Å². The monoisotopic (exact) mass is 286 g/mol. The third kappa shape index (κ3) is 3.88. The van der Waals surface area contributed by atoms with Crippen molar-refractivity contribution in [1.82, 2.24) is 4.57 Å². The number of hydrogen-bond donors (Lipinski definition) is 1. The summed E-state index contributed by atoms with van der Waals surface area (Å²) in [4.78, 5) is 12.2. The third-order valence-electron chi connectivity index (χ3n) is 3.24. The number of nitrogen functional groups attached to an aromatic ring is 1. The van der Waals surface area contributed by atoms with E-state index in [1.165, 1.54) is 11.1 Å². The van der Waals surface area contributed by atoms with Gasteiger partial charge in [-0.2, -0.15) is 0 Å². The molecule has 2 rings (SSSR count).